The summed E-state index contributed by atoms with van der Waals surface area (Å²) < 4.78 is 47.6. The summed E-state index contributed by atoms with van der Waals surface area (Å²) in [6.45, 7) is 3.44. The molecule has 1 aliphatic rings. The van der Waals surface area contributed by atoms with Crippen molar-refractivity contribution in [2.24, 2.45) is 0 Å². The highest BCUT2D eigenvalue weighted by atomic mass is 32.3. The molecule has 338 valence electrons. The summed E-state index contributed by atoms with van der Waals surface area (Å²) in [6, 6.07) is -0.858. The number of ether oxygens (including phenoxy) is 2. The number of carbonyl (C=O) groups excluding carboxylic acids is 1. The van der Waals surface area contributed by atoms with Crippen LogP contribution in [0.4, 0.5) is 0 Å². The van der Waals surface area contributed by atoms with E-state index in [1.807, 2.05) is 0 Å². The monoisotopic (exact) mass is 836 g/mol. The van der Waals surface area contributed by atoms with Crippen molar-refractivity contribution in [1.82, 2.24) is 5.32 Å². The molecule has 12 nitrogen and oxygen atoms in total. The molecule has 0 bridgehead atoms. The Morgan fingerprint density at radius 2 is 1.12 bits per heavy atom. The molecular weight excluding hydrogens is 751 g/mol. The normalized spacial score (nSPS) is 21.3. The third kappa shape index (κ3) is 28.9. The number of amides is 1. The average molecular weight is 836 g/mol. The predicted molar refractivity (Wildman–Crippen MR) is 227 cm³/mol. The Labute approximate surface area is 347 Å². The van der Waals surface area contributed by atoms with Crippen molar-refractivity contribution >= 4 is 16.3 Å². The van der Waals surface area contributed by atoms with E-state index in [1.165, 1.54) is 109 Å². The molecule has 0 aromatic heterocycles. The van der Waals surface area contributed by atoms with Crippen LogP contribution in [-0.4, -0.2) is 95.4 Å². The van der Waals surface area contributed by atoms with E-state index >= 15 is 0 Å². The fourth-order valence-corrected chi connectivity index (χ4v) is 7.96. The van der Waals surface area contributed by atoms with Gasteiger partial charge in [0.2, 0.25) is 5.91 Å². The van der Waals surface area contributed by atoms with Gasteiger partial charge < -0.3 is 35.2 Å². The van der Waals surface area contributed by atoms with Gasteiger partial charge in [-0.3, -0.25) is 9.35 Å². The van der Waals surface area contributed by atoms with Crippen LogP contribution >= 0.6 is 0 Å². The summed E-state index contributed by atoms with van der Waals surface area (Å²) in [5.74, 6) is -0.238. The van der Waals surface area contributed by atoms with E-state index in [1.54, 1.807) is 0 Å². The van der Waals surface area contributed by atoms with Gasteiger partial charge in [0, 0.05) is 6.42 Å². The third-order valence-corrected chi connectivity index (χ3v) is 11.5. The van der Waals surface area contributed by atoms with E-state index in [0.717, 1.165) is 64.2 Å². The van der Waals surface area contributed by atoms with Gasteiger partial charge >= 0.3 is 10.4 Å². The number of hydrogen-bond donors (Lipinski definition) is 6. The van der Waals surface area contributed by atoms with Gasteiger partial charge in [-0.25, -0.2) is 4.18 Å². The number of rotatable bonds is 39. The van der Waals surface area contributed by atoms with Crippen molar-refractivity contribution in [2.45, 2.75) is 249 Å². The molecule has 0 aliphatic carbocycles. The maximum atomic E-state index is 13.0. The molecule has 0 spiro atoms. The van der Waals surface area contributed by atoms with Crippen molar-refractivity contribution in [3.05, 3.63) is 12.2 Å². The Morgan fingerprint density at radius 1 is 0.684 bits per heavy atom. The van der Waals surface area contributed by atoms with E-state index in [-0.39, 0.29) is 18.9 Å². The Balaban J connectivity index is 2.51. The van der Waals surface area contributed by atoms with Gasteiger partial charge in [-0.05, 0) is 38.5 Å². The second kappa shape index (κ2) is 35.6. The molecule has 0 aromatic carbocycles. The minimum absolute atomic E-state index is 0.238. The van der Waals surface area contributed by atoms with Gasteiger partial charge in [-0.15, -0.1) is 0 Å². The lowest BCUT2D eigenvalue weighted by atomic mass is 9.99. The number of unbranched alkanes of at least 4 members (excludes halogenated alkanes) is 25. The molecule has 1 fully saturated rings. The molecule has 13 heteroatoms. The van der Waals surface area contributed by atoms with Crippen molar-refractivity contribution in [2.75, 3.05) is 13.2 Å². The van der Waals surface area contributed by atoms with Gasteiger partial charge in [0.15, 0.2) is 6.29 Å². The molecule has 1 amide bonds. The molecule has 1 rings (SSSR count). The first-order valence-corrected chi connectivity index (χ1v) is 24.4. The largest absolute Gasteiger partial charge is 0.397 e. The van der Waals surface area contributed by atoms with E-state index in [2.05, 4.69) is 35.5 Å². The van der Waals surface area contributed by atoms with Crippen LogP contribution in [-0.2, 0) is 28.9 Å². The van der Waals surface area contributed by atoms with Crippen LogP contribution in [0, 0.1) is 0 Å². The number of aliphatic hydroxyl groups excluding tert-OH is 4. The zero-order valence-corrected chi connectivity index (χ0v) is 36.7. The molecule has 0 aromatic rings. The highest BCUT2D eigenvalue weighted by Gasteiger charge is 2.48. The average Bonchev–Trinajstić information content (AvgIpc) is 3.18. The lowest BCUT2D eigenvalue weighted by Gasteiger charge is -2.41. The minimum atomic E-state index is -5.07. The van der Waals surface area contributed by atoms with Gasteiger partial charge in [-0.1, -0.05) is 174 Å². The predicted octanol–water partition coefficient (Wildman–Crippen LogP) is 8.77. The number of aliphatic hydroxyl groups is 4. The van der Waals surface area contributed by atoms with Crippen molar-refractivity contribution in [3.8, 4) is 0 Å². The Hall–Kier alpha value is -1.16. The first-order valence-electron chi connectivity index (χ1n) is 23.1. The summed E-state index contributed by atoms with van der Waals surface area (Å²) >= 11 is 0. The van der Waals surface area contributed by atoms with Crippen LogP contribution < -0.4 is 5.32 Å². The molecule has 6 N–H and O–H groups in total. The zero-order valence-electron chi connectivity index (χ0n) is 35.9. The smallest absolute Gasteiger partial charge is 0.394 e. The van der Waals surface area contributed by atoms with E-state index in [0.29, 0.717) is 12.8 Å². The molecule has 1 heterocycles. The number of hydrogen-bond acceptors (Lipinski definition) is 10. The molecule has 0 saturated carbocycles. The highest BCUT2D eigenvalue weighted by molar-refractivity contribution is 7.80. The van der Waals surface area contributed by atoms with Crippen LogP contribution in [0.1, 0.15) is 206 Å². The topological polar surface area (TPSA) is 192 Å². The third-order valence-electron chi connectivity index (χ3n) is 11.1. The molecule has 57 heavy (non-hydrogen) atoms. The first-order chi connectivity index (χ1) is 27.5. The van der Waals surface area contributed by atoms with E-state index in [9.17, 15) is 38.2 Å². The fourth-order valence-electron chi connectivity index (χ4n) is 7.45. The van der Waals surface area contributed by atoms with E-state index < -0.39 is 59.9 Å². The maximum Gasteiger partial charge on any atom is 0.397 e. The summed E-state index contributed by atoms with van der Waals surface area (Å²) in [5, 5.41) is 44.8. The summed E-state index contributed by atoms with van der Waals surface area (Å²) in [5.41, 5.74) is 0. The summed E-state index contributed by atoms with van der Waals surface area (Å²) in [4.78, 5) is 13.0. The fraction of sp³-hybridized carbons (Fsp3) is 0.932. The molecule has 1 saturated heterocycles. The highest BCUT2D eigenvalue weighted by Crippen LogP contribution is 2.26. The standard InChI is InChI=1S/C44H85NO11S/c1-3-5-7-9-11-13-15-17-19-20-22-24-26-28-30-32-34-40(48)45-37(36-54-44-42(50)43(56-57(51,52)53)41(49)39(35-46)55-44)38(47)33-31-29-27-25-23-21-18-16-14-12-10-8-6-4-2/h19-20,37-39,41-44,46-47,49-50H,3-18,21-36H2,1-2H3,(H,45,48)(H,51,52,53)/b20-19-. The second-order valence-electron chi connectivity index (χ2n) is 16.3. The van der Waals surface area contributed by atoms with Crippen molar-refractivity contribution in [3.63, 3.8) is 0 Å². The zero-order chi connectivity index (χ0) is 42.0. The molecule has 7 atom stereocenters. The van der Waals surface area contributed by atoms with Crippen LogP contribution in [0.2, 0.25) is 0 Å². The van der Waals surface area contributed by atoms with Gasteiger partial charge in [0.25, 0.3) is 0 Å². The lowest BCUT2D eigenvalue weighted by molar-refractivity contribution is -0.298. The number of nitrogens with one attached hydrogen (secondary N) is 1. The first kappa shape index (κ1) is 53.9. The van der Waals surface area contributed by atoms with Gasteiger partial charge in [0.05, 0.1) is 25.4 Å². The van der Waals surface area contributed by atoms with E-state index in [4.69, 9.17) is 9.47 Å². The van der Waals surface area contributed by atoms with Crippen LogP contribution in [0.15, 0.2) is 12.2 Å². The maximum absolute atomic E-state index is 13.0. The Bertz CT molecular complexity index is 1080. The van der Waals surface area contributed by atoms with Gasteiger partial charge in [0.1, 0.15) is 24.4 Å². The molecular formula is C44H85NO11S. The molecule has 1 aliphatic heterocycles. The van der Waals surface area contributed by atoms with Crippen molar-refractivity contribution < 1.29 is 51.8 Å². The summed E-state index contributed by atoms with van der Waals surface area (Å²) in [7, 11) is -5.07. The number of allylic oxidation sites excluding steroid dienone is 2. The quantitative estimate of drug-likeness (QED) is 0.0197. The molecule has 7 unspecified atom stereocenters. The Kier molecular flexibility index (Phi) is 33.6. The molecule has 0 radical (unpaired) electrons. The minimum Gasteiger partial charge on any atom is -0.394 e. The van der Waals surface area contributed by atoms with Crippen LogP contribution in [0.3, 0.4) is 0 Å². The number of carbonyl (C=O) groups is 1. The summed E-state index contributed by atoms with van der Waals surface area (Å²) in [6.07, 6.45) is 29.2. The van der Waals surface area contributed by atoms with Crippen molar-refractivity contribution in [1.29, 1.82) is 0 Å². The van der Waals surface area contributed by atoms with Crippen LogP contribution in [0.5, 0.6) is 0 Å². The SMILES string of the molecule is CCCCCCCCC/C=C\CCCCCCCC(=O)NC(COC1OC(CO)C(O)C(OS(=O)(=O)O)C1O)C(O)CCCCCCCCCCCCCCCC. The second-order valence-corrected chi connectivity index (χ2v) is 17.4. The Morgan fingerprint density at radius 3 is 1.58 bits per heavy atom. The van der Waals surface area contributed by atoms with Crippen LogP contribution in [0.25, 0.3) is 0 Å². The lowest BCUT2D eigenvalue weighted by Crippen LogP contribution is -2.61. The van der Waals surface area contributed by atoms with Gasteiger partial charge in [-0.2, -0.15) is 8.42 Å².